The van der Waals surface area contributed by atoms with Crippen molar-refractivity contribution in [2.24, 2.45) is 0 Å². The molecule has 21 heavy (non-hydrogen) atoms. The van der Waals surface area contributed by atoms with Crippen molar-refractivity contribution in [1.29, 1.82) is 0 Å². The molecule has 2 N–H and O–H groups in total. The van der Waals surface area contributed by atoms with Crippen molar-refractivity contribution in [1.82, 2.24) is 9.38 Å². The van der Waals surface area contributed by atoms with E-state index in [-0.39, 0.29) is 12.0 Å². The summed E-state index contributed by atoms with van der Waals surface area (Å²) in [6.45, 7) is 0. The summed E-state index contributed by atoms with van der Waals surface area (Å²) in [7, 11) is 0. The highest BCUT2D eigenvalue weighted by atomic mass is 19.4. The van der Waals surface area contributed by atoms with Gasteiger partial charge in [0, 0.05) is 18.8 Å². The molecule has 0 bridgehead atoms. The number of hydrogen-bond donors (Lipinski definition) is 1. The van der Waals surface area contributed by atoms with Crippen LogP contribution in [0, 0.1) is 0 Å². The predicted molar refractivity (Wildman–Crippen MR) is 73.9 cm³/mol. The molecule has 3 nitrogen and oxygen atoms in total. The van der Waals surface area contributed by atoms with Crippen LogP contribution in [0.4, 0.5) is 18.9 Å². The second kappa shape index (κ2) is 4.80. The number of halogens is 3. The lowest BCUT2D eigenvalue weighted by Crippen LogP contribution is -2.09. The number of alkyl halides is 3. The first-order chi connectivity index (χ1) is 9.95. The van der Waals surface area contributed by atoms with Gasteiger partial charge in [-0.3, -0.25) is 0 Å². The van der Waals surface area contributed by atoms with Crippen LogP contribution in [0.5, 0.6) is 0 Å². The molecule has 0 saturated carbocycles. The minimum Gasteiger partial charge on any atom is -0.396 e. The van der Waals surface area contributed by atoms with E-state index in [1.54, 1.807) is 35.0 Å². The summed E-state index contributed by atoms with van der Waals surface area (Å²) in [5.41, 5.74) is 6.96. The topological polar surface area (TPSA) is 43.3 Å². The van der Waals surface area contributed by atoms with E-state index < -0.39 is 11.7 Å². The predicted octanol–water partition coefficient (Wildman–Crippen LogP) is 3.53. The number of fused-ring (bicyclic) bond motifs is 1. The Morgan fingerprint density at radius 1 is 1.10 bits per heavy atom. The normalized spacial score (nSPS) is 12.0. The molecule has 0 unspecified atom stereocenters. The van der Waals surface area contributed by atoms with Gasteiger partial charge in [0.15, 0.2) is 5.65 Å². The molecule has 3 rings (SSSR count). The maximum absolute atomic E-state index is 13.0. The molecule has 0 spiro atoms. The Balaban J connectivity index is 2.01. The van der Waals surface area contributed by atoms with Crippen molar-refractivity contribution >= 4 is 11.3 Å². The summed E-state index contributed by atoms with van der Waals surface area (Å²) in [6, 6.07) is 8.99. The van der Waals surface area contributed by atoms with E-state index in [4.69, 9.17) is 5.73 Å². The molecule has 3 aromatic rings. The maximum Gasteiger partial charge on any atom is 0.416 e. The Morgan fingerprint density at radius 3 is 2.57 bits per heavy atom. The SMILES string of the molecule is Nc1cccn2cc(Cc3ccccc3C(F)(F)F)nc12. The first-order valence-corrected chi connectivity index (χ1v) is 6.32. The van der Waals surface area contributed by atoms with Gasteiger partial charge < -0.3 is 10.1 Å². The van der Waals surface area contributed by atoms with Gasteiger partial charge in [0.25, 0.3) is 0 Å². The van der Waals surface area contributed by atoms with Crippen molar-refractivity contribution < 1.29 is 13.2 Å². The highest BCUT2D eigenvalue weighted by molar-refractivity contribution is 5.64. The highest BCUT2D eigenvalue weighted by Crippen LogP contribution is 2.32. The third-order valence-electron chi connectivity index (χ3n) is 3.26. The lowest BCUT2D eigenvalue weighted by Gasteiger charge is -2.11. The minimum atomic E-state index is -4.37. The highest BCUT2D eigenvalue weighted by Gasteiger charge is 2.32. The molecule has 108 valence electrons. The molecule has 2 heterocycles. The number of pyridine rings is 1. The van der Waals surface area contributed by atoms with Crippen molar-refractivity contribution in [3.63, 3.8) is 0 Å². The fraction of sp³-hybridized carbons (Fsp3) is 0.133. The largest absolute Gasteiger partial charge is 0.416 e. The number of nitrogens with zero attached hydrogens (tertiary/aromatic N) is 2. The smallest absolute Gasteiger partial charge is 0.396 e. The third kappa shape index (κ3) is 2.56. The van der Waals surface area contributed by atoms with Crippen LogP contribution in [-0.2, 0) is 12.6 Å². The lowest BCUT2D eigenvalue weighted by atomic mass is 10.0. The first kappa shape index (κ1) is 13.5. The average Bonchev–Trinajstić information content (AvgIpc) is 2.82. The first-order valence-electron chi connectivity index (χ1n) is 6.32. The summed E-state index contributed by atoms with van der Waals surface area (Å²) < 4.78 is 40.6. The molecule has 0 aliphatic heterocycles. The van der Waals surface area contributed by atoms with Crippen LogP contribution < -0.4 is 5.73 Å². The lowest BCUT2D eigenvalue weighted by molar-refractivity contribution is -0.138. The van der Waals surface area contributed by atoms with E-state index in [1.165, 1.54) is 12.1 Å². The van der Waals surface area contributed by atoms with Gasteiger partial charge in [-0.05, 0) is 23.8 Å². The van der Waals surface area contributed by atoms with Crippen molar-refractivity contribution in [3.8, 4) is 0 Å². The van der Waals surface area contributed by atoms with Gasteiger partial charge in [-0.25, -0.2) is 4.98 Å². The molecule has 0 amide bonds. The molecule has 0 saturated heterocycles. The Kier molecular flexibility index (Phi) is 3.08. The van der Waals surface area contributed by atoms with Gasteiger partial charge in [0.05, 0.1) is 16.9 Å². The number of benzene rings is 1. The Morgan fingerprint density at radius 2 is 1.86 bits per heavy atom. The van der Waals surface area contributed by atoms with E-state index in [0.29, 0.717) is 17.0 Å². The van der Waals surface area contributed by atoms with Crippen molar-refractivity contribution in [2.75, 3.05) is 5.73 Å². The summed E-state index contributed by atoms with van der Waals surface area (Å²) in [4.78, 5) is 4.30. The summed E-state index contributed by atoms with van der Waals surface area (Å²) in [6.07, 6.45) is -0.803. The Hall–Kier alpha value is -2.50. The van der Waals surface area contributed by atoms with E-state index in [1.807, 2.05) is 0 Å². The van der Waals surface area contributed by atoms with Crippen LogP contribution in [0.25, 0.3) is 5.65 Å². The molecule has 1 aromatic carbocycles. The van der Waals surface area contributed by atoms with E-state index in [0.717, 1.165) is 6.07 Å². The molecule has 0 atom stereocenters. The molecule has 6 heteroatoms. The monoisotopic (exact) mass is 291 g/mol. The number of nitrogens with two attached hydrogens (primary N) is 1. The fourth-order valence-corrected chi connectivity index (χ4v) is 2.32. The molecule has 0 fully saturated rings. The molecule has 2 aromatic heterocycles. The summed E-state index contributed by atoms with van der Waals surface area (Å²) in [5.74, 6) is 0. The zero-order valence-electron chi connectivity index (χ0n) is 10.9. The van der Waals surface area contributed by atoms with Crippen LogP contribution in [0.1, 0.15) is 16.8 Å². The van der Waals surface area contributed by atoms with Gasteiger partial charge in [0.1, 0.15) is 0 Å². The number of aromatic nitrogens is 2. The number of imidazole rings is 1. The van der Waals surface area contributed by atoms with Gasteiger partial charge in [-0.1, -0.05) is 18.2 Å². The zero-order valence-corrected chi connectivity index (χ0v) is 10.9. The Bertz CT molecular complexity index is 790. The van der Waals surface area contributed by atoms with Crippen LogP contribution in [-0.4, -0.2) is 9.38 Å². The second-order valence-corrected chi connectivity index (χ2v) is 4.76. The maximum atomic E-state index is 13.0. The number of hydrogen-bond acceptors (Lipinski definition) is 2. The van der Waals surface area contributed by atoms with Gasteiger partial charge >= 0.3 is 6.18 Å². The van der Waals surface area contributed by atoms with Gasteiger partial charge in [-0.2, -0.15) is 13.2 Å². The molecular formula is C15H12F3N3. The van der Waals surface area contributed by atoms with E-state index >= 15 is 0 Å². The number of anilines is 1. The summed E-state index contributed by atoms with van der Waals surface area (Å²) in [5, 5.41) is 0. The average molecular weight is 291 g/mol. The van der Waals surface area contributed by atoms with Gasteiger partial charge in [0.2, 0.25) is 0 Å². The van der Waals surface area contributed by atoms with Crippen molar-refractivity contribution in [3.05, 3.63) is 65.6 Å². The number of nitrogen functional groups attached to an aromatic ring is 1. The van der Waals surface area contributed by atoms with E-state index in [9.17, 15) is 13.2 Å². The molecule has 0 aliphatic rings. The van der Waals surface area contributed by atoms with Crippen LogP contribution >= 0.6 is 0 Å². The van der Waals surface area contributed by atoms with E-state index in [2.05, 4.69) is 4.98 Å². The number of rotatable bonds is 2. The molecule has 0 radical (unpaired) electrons. The van der Waals surface area contributed by atoms with Crippen LogP contribution in [0.3, 0.4) is 0 Å². The zero-order chi connectivity index (χ0) is 15.0. The fourth-order valence-electron chi connectivity index (χ4n) is 2.32. The van der Waals surface area contributed by atoms with Gasteiger partial charge in [-0.15, -0.1) is 0 Å². The summed E-state index contributed by atoms with van der Waals surface area (Å²) >= 11 is 0. The quantitative estimate of drug-likeness (QED) is 0.785. The Labute approximate surface area is 118 Å². The third-order valence-corrected chi connectivity index (χ3v) is 3.26. The van der Waals surface area contributed by atoms with Crippen LogP contribution in [0.2, 0.25) is 0 Å². The molecule has 0 aliphatic carbocycles. The second-order valence-electron chi connectivity index (χ2n) is 4.76. The molecular weight excluding hydrogens is 279 g/mol. The van der Waals surface area contributed by atoms with Crippen LogP contribution in [0.15, 0.2) is 48.8 Å². The van der Waals surface area contributed by atoms with Crippen molar-refractivity contribution in [2.45, 2.75) is 12.6 Å². The minimum absolute atomic E-state index is 0.108. The standard InChI is InChI=1S/C15H12F3N3/c16-15(17,18)12-5-2-1-4-10(12)8-11-9-21-7-3-6-13(19)14(21)20-11/h1-7,9H,8,19H2.